The van der Waals surface area contributed by atoms with Crippen LogP contribution in [0.25, 0.3) is 0 Å². The third-order valence-corrected chi connectivity index (χ3v) is 5.28. The number of allylic oxidation sites excluding steroid dienone is 1. The van der Waals surface area contributed by atoms with Gasteiger partial charge in [-0.1, -0.05) is 37.1 Å². The first-order chi connectivity index (χ1) is 15.1. The van der Waals surface area contributed by atoms with E-state index in [9.17, 15) is 18.0 Å². The number of aryl methyl sites for hydroxylation is 1. The maximum atomic E-state index is 12.6. The van der Waals surface area contributed by atoms with Crippen LogP contribution < -0.4 is 5.32 Å². The molecule has 174 valence electrons. The number of amides is 2. The Kier molecular flexibility index (Phi) is 9.27. The number of halogens is 1. The van der Waals surface area contributed by atoms with Crippen LogP contribution in [0.5, 0.6) is 0 Å². The zero-order chi connectivity index (χ0) is 23.8. The van der Waals surface area contributed by atoms with E-state index in [0.717, 1.165) is 12.0 Å². The number of carbonyl (C=O) groups excluding carboxylic acids is 2. The molecule has 1 aromatic carbocycles. The summed E-state index contributed by atoms with van der Waals surface area (Å²) in [6, 6.07) is 5.02. The minimum absolute atomic E-state index is 0.00805. The molecule has 2 amide bonds. The van der Waals surface area contributed by atoms with Gasteiger partial charge in [-0.05, 0) is 44.9 Å². The molecular formula is C21H27ClN4O5S. The molecule has 2 aromatic rings. The Bertz CT molecular complexity index is 1070. The van der Waals surface area contributed by atoms with Gasteiger partial charge in [-0.2, -0.15) is 0 Å². The van der Waals surface area contributed by atoms with Crippen LogP contribution in [0.2, 0.25) is 5.02 Å². The zero-order valence-corrected chi connectivity index (χ0v) is 20.0. The highest BCUT2D eigenvalue weighted by Gasteiger charge is 2.20. The number of hydrogen-bond acceptors (Lipinski definition) is 6. The van der Waals surface area contributed by atoms with E-state index < -0.39 is 22.9 Å². The molecule has 0 aliphatic heterocycles. The van der Waals surface area contributed by atoms with Crippen molar-refractivity contribution in [2.24, 2.45) is 0 Å². The summed E-state index contributed by atoms with van der Waals surface area (Å²) in [5.41, 5.74) is 1.22. The number of unbranched alkanes of at least 4 members (excludes halogenated alkanes) is 1. The van der Waals surface area contributed by atoms with Gasteiger partial charge in [0.1, 0.15) is 11.5 Å². The second-order valence-electron chi connectivity index (χ2n) is 7.25. The Hall–Kier alpha value is -2.85. The van der Waals surface area contributed by atoms with Crippen LogP contribution >= 0.6 is 11.6 Å². The van der Waals surface area contributed by atoms with Crippen LogP contribution in [0.1, 0.15) is 55.5 Å². The normalized spacial score (nSPS) is 11.3. The van der Waals surface area contributed by atoms with Gasteiger partial charge in [0.05, 0.1) is 12.6 Å². The topological polar surface area (TPSA) is 111 Å². The number of benzene rings is 1. The molecule has 0 bridgehead atoms. The molecule has 0 saturated carbocycles. The number of hydrogen-bond donors (Lipinski definition) is 2. The summed E-state index contributed by atoms with van der Waals surface area (Å²) in [6.07, 6.45) is 5.02. The van der Waals surface area contributed by atoms with Crippen molar-refractivity contribution in [1.82, 2.24) is 13.9 Å². The predicted molar refractivity (Wildman–Crippen MR) is 123 cm³/mol. The molecule has 0 unspecified atom stereocenters. The Balaban J connectivity index is 2.17. The van der Waals surface area contributed by atoms with E-state index in [1.165, 1.54) is 12.4 Å². The molecule has 0 saturated heterocycles. The van der Waals surface area contributed by atoms with Crippen molar-refractivity contribution in [3.05, 3.63) is 58.8 Å². The first-order valence-electron chi connectivity index (χ1n) is 10.1. The van der Waals surface area contributed by atoms with Crippen molar-refractivity contribution in [1.29, 1.82) is 0 Å². The summed E-state index contributed by atoms with van der Waals surface area (Å²) < 4.78 is 30.4. The number of imidazole rings is 1. The summed E-state index contributed by atoms with van der Waals surface area (Å²) >= 11 is 6.36. The largest absolute Gasteiger partial charge is 0.447 e. The van der Waals surface area contributed by atoms with Gasteiger partial charge in [-0.15, -0.1) is 0 Å². The highest BCUT2D eigenvalue weighted by molar-refractivity contribution is 7.70. The Labute approximate surface area is 194 Å². The quantitative estimate of drug-likeness (QED) is 0.520. The lowest BCUT2D eigenvalue weighted by atomic mass is 10.2. The number of nitrogens with one attached hydrogen (secondary N) is 1. The van der Waals surface area contributed by atoms with Crippen LogP contribution in [0.15, 0.2) is 36.7 Å². The number of rotatable bonds is 9. The van der Waals surface area contributed by atoms with Gasteiger partial charge in [0.2, 0.25) is 10.9 Å². The summed E-state index contributed by atoms with van der Waals surface area (Å²) in [5, 5.41) is 3.00. The molecule has 32 heavy (non-hydrogen) atoms. The van der Waals surface area contributed by atoms with Crippen molar-refractivity contribution >= 4 is 40.2 Å². The fourth-order valence-corrected chi connectivity index (χ4v) is 3.42. The van der Waals surface area contributed by atoms with Gasteiger partial charge >= 0.3 is 6.09 Å². The molecular weight excluding hydrogens is 456 g/mol. The zero-order valence-electron chi connectivity index (χ0n) is 18.4. The molecule has 0 spiro atoms. The van der Waals surface area contributed by atoms with Crippen molar-refractivity contribution in [2.75, 3.05) is 5.32 Å². The van der Waals surface area contributed by atoms with Crippen molar-refractivity contribution in [2.45, 2.75) is 53.2 Å². The fraction of sp³-hybridized carbons (Fsp3) is 0.381. The summed E-state index contributed by atoms with van der Waals surface area (Å²) in [4.78, 5) is 28.6. The third kappa shape index (κ3) is 7.10. The van der Waals surface area contributed by atoms with Crippen LogP contribution in [0.4, 0.5) is 10.5 Å². The molecule has 0 aliphatic rings. The standard InChI is InChI=1S/C21H27ClN4O5S/c1-5-6-7-10-26(32(29)30)20(27)19-13-25(15(4)23-19)12-16-8-9-17(11-18(16)22)24-21(28)31-14(2)3/h7-11,13-14,32H,5-6,12H2,1-4H3,(H,24,28)/b10-7+. The predicted octanol–water partition coefficient (Wildman–Crippen LogP) is 4.13. The van der Waals surface area contributed by atoms with E-state index in [1.54, 1.807) is 49.6 Å². The molecule has 0 fully saturated rings. The van der Waals surface area contributed by atoms with Crippen LogP contribution in [-0.4, -0.2) is 40.4 Å². The SMILES string of the molecule is CCC/C=C/N(C(=O)c1cn(Cc2ccc(NC(=O)OC(C)C)cc2Cl)c(C)n1)[SH](=O)=O. The molecule has 1 aromatic heterocycles. The maximum Gasteiger partial charge on any atom is 0.411 e. The van der Waals surface area contributed by atoms with Gasteiger partial charge in [0.15, 0.2) is 0 Å². The molecule has 1 N–H and O–H groups in total. The lowest BCUT2D eigenvalue weighted by molar-refractivity contribution is 0.0895. The van der Waals surface area contributed by atoms with E-state index in [1.807, 2.05) is 6.92 Å². The van der Waals surface area contributed by atoms with Gasteiger partial charge in [0, 0.05) is 23.1 Å². The highest BCUT2D eigenvalue weighted by atomic mass is 35.5. The first kappa shape index (κ1) is 25.4. The molecule has 1 heterocycles. The minimum atomic E-state index is -3.13. The fourth-order valence-electron chi connectivity index (χ4n) is 2.72. The van der Waals surface area contributed by atoms with Crippen molar-refractivity contribution in [3.63, 3.8) is 0 Å². The monoisotopic (exact) mass is 482 g/mol. The number of thiol groups is 1. The van der Waals surface area contributed by atoms with Crippen molar-refractivity contribution in [3.8, 4) is 0 Å². The summed E-state index contributed by atoms with van der Waals surface area (Å²) in [7, 11) is -3.13. The molecule has 0 radical (unpaired) electrons. The molecule has 2 rings (SSSR count). The molecule has 0 atom stereocenters. The van der Waals surface area contributed by atoms with Crippen molar-refractivity contribution < 1.29 is 22.7 Å². The average molecular weight is 483 g/mol. The van der Waals surface area contributed by atoms with Crippen LogP contribution in [-0.2, 0) is 22.2 Å². The average Bonchev–Trinajstić information content (AvgIpc) is 3.06. The van der Waals surface area contributed by atoms with E-state index in [4.69, 9.17) is 16.3 Å². The van der Waals surface area contributed by atoms with E-state index in [0.29, 0.717) is 33.8 Å². The molecule has 11 heteroatoms. The maximum absolute atomic E-state index is 12.6. The number of anilines is 1. The Morgan fingerprint density at radius 1 is 1.34 bits per heavy atom. The van der Waals surface area contributed by atoms with Gasteiger partial charge in [0.25, 0.3) is 5.91 Å². The number of carbonyl (C=O) groups is 2. The number of aromatic nitrogens is 2. The second-order valence-corrected chi connectivity index (χ2v) is 8.56. The van der Waals surface area contributed by atoms with Crippen LogP contribution in [0.3, 0.4) is 0 Å². The van der Waals surface area contributed by atoms with E-state index in [-0.39, 0.29) is 11.8 Å². The Morgan fingerprint density at radius 3 is 2.66 bits per heavy atom. The first-order valence-corrected chi connectivity index (χ1v) is 11.6. The number of ether oxygens (including phenoxy) is 1. The lowest BCUT2D eigenvalue weighted by Crippen LogP contribution is -2.24. The highest BCUT2D eigenvalue weighted by Crippen LogP contribution is 2.23. The van der Waals surface area contributed by atoms with E-state index in [2.05, 4.69) is 10.3 Å². The van der Waals surface area contributed by atoms with E-state index >= 15 is 0 Å². The second kappa shape index (κ2) is 11.7. The van der Waals surface area contributed by atoms with Gasteiger partial charge in [-0.3, -0.25) is 10.1 Å². The van der Waals surface area contributed by atoms with Gasteiger partial charge < -0.3 is 9.30 Å². The Morgan fingerprint density at radius 2 is 2.06 bits per heavy atom. The summed E-state index contributed by atoms with van der Waals surface area (Å²) in [5.74, 6) is -0.213. The number of nitrogens with zero attached hydrogens (tertiary/aromatic N) is 3. The molecule has 9 nitrogen and oxygen atoms in total. The molecule has 0 aliphatic carbocycles. The third-order valence-electron chi connectivity index (χ3n) is 4.26. The lowest BCUT2D eigenvalue weighted by Gasteiger charge is -2.12. The smallest absolute Gasteiger partial charge is 0.411 e. The summed E-state index contributed by atoms with van der Waals surface area (Å²) in [6.45, 7) is 7.45. The minimum Gasteiger partial charge on any atom is -0.447 e. The van der Waals surface area contributed by atoms with Gasteiger partial charge in [-0.25, -0.2) is 22.5 Å². The van der Waals surface area contributed by atoms with Crippen LogP contribution in [0, 0.1) is 6.92 Å².